The zero-order valence-corrected chi connectivity index (χ0v) is 11.2. The number of methoxy groups -OCH3 is 1. The van der Waals surface area contributed by atoms with Gasteiger partial charge in [0.1, 0.15) is 18.3 Å². The van der Waals surface area contributed by atoms with E-state index in [-0.39, 0.29) is 6.54 Å². The maximum absolute atomic E-state index is 12.4. The van der Waals surface area contributed by atoms with E-state index >= 15 is 0 Å². The lowest BCUT2D eigenvalue weighted by atomic mass is 10.1. The highest BCUT2D eigenvalue weighted by Gasteiger charge is 2.34. The number of carbonyl (C=O) groups is 3. The highest BCUT2D eigenvalue weighted by atomic mass is 16.5. The van der Waals surface area contributed by atoms with Crippen molar-refractivity contribution < 1.29 is 19.1 Å². The van der Waals surface area contributed by atoms with E-state index in [2.05, 4.69) is 5.32 Å². The highest BCUT2D eigenvalue weighted by Crippen LogP contribution is 2.23. The molecule has 1 unspecified atom stereocenters. The van der Waals surface area contributed by atoms with Crippen LogP contribution in [0.2, 0.25) is 0 Å². The van der Waals surface area contributed by atoms with Crippen molar-refractivity contribution in [1.82, 2.24) is 10.2 Å². The van der Waals surface area contributed by atoms with Crippen LogP contribution >= 0.6 is 0 Å². The summed E-state index contributed by atoms with van der Waals surface area (Å²) in [4.78, 5) is 36.5. The Morgan fingerprint density at radius 1 is 1.45 bits per heavy atom. The number of nitrogen functional groups attached to an aromatic ring is 1. The first-order valence-electron chi connectivity index (χ1n) is 6.02. The molecule has 0 saturated carbocycles. The van der Waals surface area contributed by atoms with Gasteiger partial charge < -0.3 is 15.4 Å². The predicted octanol–water partition coefficient (Wildman–Crippen LogP) is -0.235. The third-order valence-corrected chi connectivity index (χ3v) is 3.16. The molecule has 7 heteroatoms. The van der Waals surface area contributed by atoms with Crippen LogP contribution in [0.4, 0.5) is 5.69 Å². The van der Waals surface area contributed by atoms with Gasteiger partial charge in [0.05, 0.1) is 12.8 Å². The van der Waals surface area contributed by atoms with Gasteiger partial charge in [-0.15, -0.1) is 0 Å². The van der Waals surface area contributed by atoms with E-state index in [4.69, 9.17) is 10.5 Å². The van der Waals surface area contributed by atoms with Crippen LogP contribution in [0.25, 0.3) is 0 Å². The molecule has 106 valence electrons. The summed E-state index contributed by atoms with van der Waals surface area (Å²) in [5.41, 5.74) is 6.40. The van der Waals surface area contributed by atoms with Gasteiger partial charge in [-0.1, -0.05) is 0 Å². The molecule has 1 fully saturated rings. The van der Waals surface area contributed by atoms with Crippen molar-refractivity contribution in [1.29, 1.82) is 0 Å². The van der Waals surface area contributed by atoms with Crippen LogP contribution in [0.3, 0.4) is 0 Å². The van der Waals surface area contributed by atoms with Gasteiger partial charge in [-0.05, 0) is 25.1 Å². The molecule has 2 rings (SSSR count). The number of imide groups is 1. The Morgan fingerprint density at radius 3 is 2.80 bits per heavy atom. The van der Waals surface area contributed by atoms with Crippen molar-refractivity contribution in [2.75, 3.05) is 19.4 Å². The lowest BCUT2D eigenvalue weighted by molar-refractivity contribution is -0.138. The number of piperazine rings is 1. The van der Waals surface area contributed by atoms with Crippen molar-refractivity contribution in [3.05, 3.63) is 23.8 Å². The summed E-state index contributed by atoms with van der Waals surface area (Å²) in [6, 6.07) is 3.86. The largest absolute Gasteiger partial charge is 0.495 e. The van der Waals surface area contributed by atoms with E-state index in [1.807, 2.05) is 0 Å². The van der Waals surface area contributed by atoms with E-state index in [1.165, 1.54) is 24.1 Å². The van der Waals surface area contributed by atoms with Crippen LogP contribution < -0.4 is 15.8 Å². The molecule has 0 aliphatic carbocycles. The minimum atomic E-state index is -0.705. The summed E-state index contributed by atoms with van der Waals surface area (Å²) in [6.07, 6.45) is 0. The molecular formula is C13H15N3O4. The standard InChI is InChI=1S/C13H15N3O4/c1-7-12(18)15-11(17)6-16(7)13(19)8-3-4-9(14)10(5-8)20-2/h3-5,7H,6,14H2,1-2H3,(H,15,17,18). The van der Waals surface area contributed by atoms with Crippen LogP contribution in [0.15, 0.2) is 18.2 Å². The number of nitrogens with two attached hydrogens (primary N) is 1. The van der Waals surface area contributed by atoms with E-state index in [0.29, 0.717) is 17.0 Å². The van der Waals surface area contributed by atoms with Gasteiger partial charge in [-0.25, -0.2) is 0 Å². The molecule has 0 spiro atoms. The fourth-order valence-corrected chi connectivity index (χ4v) is 1.97. The highest BCUT2D eigenvalue weighted by molar-refractivity contribution is 6.07. The number of benzene rings is 1. The second kappa shape index (κ2) is 5.20. The Kier molecular flexibility index (Phi) is 3.60. The van der Waals surface area contributed by atoms with Crippen LogP contribution in [0, 0.1) is 0 Å². The first-order chi connectivity index (χ1) is 9.43. The zero-order chi connectivity index (χ0) is 14.9. The minimum Gasteiger partial charge on any atom is -0.495 e. The third-order valence-electron chi connectivity index (χ3n) is 3.16. The average molecular weight is 277 g/mol. The van der Waals surface area contributed by atoms with Gasteiger partial charge in [-0.2, -0.15) is 0 Å². The number of nitrogens with one attached hydrogen (secondary N) is 1. The third kappa shape index (κ3) is 2.42. The Labute approximate surface area is 115 Å². The van der Waals surface area contributed by atoms with E-state index < -0.39 is 23.8 Å². The summed E-state index contributed by atoms with van der Waals surface area (Å²) < 4.78 is 5.05. The summed E-state index contributed by atoms with van der Waals surface area (Å²) in [5.74, 6) is -1.03. The number of hydrogen-bond acceptors (Lipinski definition) is 5. The number of nitrogens with zero attached hydrogens (tertiary/aromatic N) is 1. The van der Waals surface area contributed by atoms with Crippen LogP contribution in [-0.2, 0) is 9.59 Å². The molecule has 20 heavy (non-hydrogen) atoms. The molecule has 1 heterocycles. The molecule has 0 radical (unpaired) electrons. The number of carbonyl (C=O) groups excluding carboxylic acids is 3. The molecule has 1 aromatic carbocycles. The maximum Gasteiger partial charge on any atom is 0.255 e. The topological polar surface area (TPSA) is 102 Å². The Balaban J connectivity index is 2.30. The van der Waals surface area contributed by atoms with E-state index in [1.54, 1.807) is 13.0 Å². The molecule has 1 aliphatic rings. The van der Waals surface area contributed by atoms with Crippen LogP contribution in [-0.4, -0.2) is 42.3 Å². The summed E-state index contributed by atoms with van der Waals surface area (Å²) >= 11 is 0. The first-order valence-corrected chi connectivity index (χ1v) is 6.02. The quantitative estimate of drug-likeness (QED) is 0.574. The van der Waals surface area contributed by atoms with Crippen LogP contribution in [0.1, 0.15) is 17.3 Å². The van der Waals surface area contributed by atoms with Gasteiger partial charge in [0.2, 0.25) is 11.8 Å². The van der Waals surface area contributed by atoms with Crippen molar-refractivity contribution in [3.8, 4) is 5.75 Å². The molecule has 0 bridgehead atoms. The lowest BCUT2D eigenvalue weighted by Crippen LogP contribution is -2.58. The number of amides is 3. The minimum absolute atomic E-state index is 0.154. The molecule has 1 saturated heterocycles. The molecule has 1 atom stereocenters. The summed E-state index contributed by atoms with van der Waals surface area (Å²) in [5, 5.41) is 2.18. The van der Waals surface area contributed by atoms with Gasteiger partial charge in [0.15, 0.2) is 0 Å². The molecule has 7 nitrogen and oxygen atoms in total. The second-order valence-corrected chi connectivity index (χ2v) is 4.48. The van der Waals surface area contributed by atoms with Gasteiger partial charge in [-0.3, -0.25) is 19.7 Å². The molecule has 3 N–H and O–H groups in total. The Bertz CT molecular complexity index is 585. The SMILES string of the molecule is COc1cc(C(=O)N2CC(=O)NC(=O)C2C)ccc1N. The molecule has 3 amide bonds. The molecule has 0 aromatic heterocycles. The molecule has 1 aliphatic heterocycles. The summed E-state index contributed by atoms with van der Waals surface area (Å²) in [7, 11) is 1.44. The van der Waals surface area contributed by atoms with Crippen molar-refractivity contribution >= 4 is 23.4 Å². The van der Waals surface area contributed by atoms with Gasteiger partial charge in [0, 0.05) is 5.56 Å². The first kappa shape index (κ1) is 13.9. The number of anilines is 1. The predicted molar refractivity (Wildman–Crippen MR) is 71.1 cm³/mol. The summed E-state index contributed by atoms with van der Waals surface area (Å²) in [6.45, 7) is 1.41. The van der Waals surface area contributed by atoms with Gasteiger partial charge in [0.25, 0.3) is 5.91 Å². The van der Waals surface area contributed by atoms with Crippen molar-refractivity contribution in [2.45, 2.75) is 13.0 Å². The Morgan fingerprint density at radius 2 is 2.15 bits per heavy atom. The number of rotatable bonds is 2. The maximum atomic E-state index is 12.4. The second-order valence-electron chi connectivity index (χ2n) is 4.48. The smallest absolute Gasteiger partial charge is 0.255 e. The van der Waals surface area contributed by atoms with Gasteiger partial charge >= 0.3 is 0 Å². The zero-order valence-electron chi connectivity index (χ0n) is 11.2. The fourth-order valence-electron chi connectivity index (χ4n) is 1.97. The average Bonchev–Trinajstić information content (AvgIpc) is 2.42. The molecule has 1 aromatic rings. The fraction of sp³-hybridized carbons (Fsp3) is 0.308. The van der Waals surface area contributed by atoms with E-state index in [0.717, 1.165) is 0 Å². The molecular weight excluding hydrogens is 262 g/mol. The van der Waals surface area contributed by atoms with Crippen molar-refractivity contribution in [2.24, 2.45) is 0 Å². The number of hydrogen-bond donors (Lipinski definition) is 2. The number of ether oxygens (including phenoxy) is 1. The monoisotopic (exact) mass is 277 g/mol. The lowest BCUT2D eigenvalue weighted by Gasteiger charge is -2.31. The Hall–Kier alpha value is -2.57. The van der Waals surface area contributed by atoms with E-state index in [9.17, 15) is 14.4 Å². The normalized spacial score (nSPS) is 18.7. The van der Waals surface area contributed by atoms with Crippen LogP contribution in [0.5, 0.6) is 5.75 Å². The van der Waals surface area contributed by atoms with Crippen molar-refractivity contribution in [3.63, 3.8) is 0 Å².